The van der Waals surface area contributed by atoms with E-state index in [1.807, 2.05) is 30.3 Å². The first-order valence-electron chi connectivity index (χ1n) is 11.4. The van der Waals surface area contributed by atoms with Gasteiger partial charge in [-0.2, -0.15) is 10.5 Å². The van der Waals surface area contributed by atoms with E-state index in [4.69, 9.17) is 0 Å². The van der Waals surface area contributed by atoms with Gasteiger partial charge < -0.3 is 4.57 Å². The second kappa shape index (κ2) is 8.34. The highest BCUT2D eigenvalue weighted by Gasteiger charge is 2.18. The lowest BCUT2D eigenvalue weighted by atomic mass is 9.94. The van der Waals surface area contributed by atoms with Crippen LogP contribution in [-0.2, 0) is 0 Å². The molecule has 35 heavy (non-hydrogen) atoms. The van der Waals surface area contributed by atoms with Gasteiger partial charge in [-0.3, -0.25) is 0 Å². The van der Waals surface area contributed by atoms with Crippen molar-refractivity contribution in [2.75, 3.05) is 0 Å². The van der Waals surface area contributed by atoms with E-state index < -0.39 is 0 Å². The van der Waals surface area contributed by atoms with Crippen LogP contribution in [0.3, 0.4) is 0 Å². The molecule has 0 bridgehead atoms. The van der Waals surface area contributed by atoms with Crippen molar-refractivity contribution >= 4 is 21.8 Å². The van der Waals surface area contributed by atoms with E-state index in [9.17, 15) is 10.5 Å². The Bertz CT molecular complexity index is 1770. The van der Waals surface area contributed by atoms with E-state index in [0.29, 0.717) is 16.7 Å². The minimum Gasteiger partial charge on any atom is -0.309 e. The third kappa shape index (κ3) is 3.27. The summed E-state index contributed by atoms with van der Waals surface area (Å²) in [5, 5.41) is 21.8. The predicted molar refractivity (Wildman–Crippen MR) is 141 cm³/mol. The first-order chi connectivity index (χ1) is 17.3. The van der Waals surface area contributed by atoms with Crippen LogP contribution in [0.15, 0.2) is 115 Å². The van der Waals surface area contributed by atoms with Crippen LogP contribution in [0.1, 0.15) is 11.1 Å². The molecule has 0 spiro atoms. The second-order valence-corrected chi connectivity index (χ2v) is 8.42. The molecule has 6 aromatic rings. The molecule has 0 fully saturated rings. The van der Waals surface area contributed by atoms with Crippen molar-refractivity contribution in [3.8, 4) is 40.1 Å². The Hall–Kier alpha value is -5.12. The SMILES string of the molecule is N#Cc1cccc(C#N)c1-c1ccc2c3cccc(-c4ccccc4)c3n(-c3ccccc3)c2c1. The zero-order valence-electron chi connectivity index (χ0n) is 18.8. The summed E-state index contributed by atoms with van der Waals surface area (Å²) in [5.74, 6) is 0. The van der Waals surface area contributed by atoms with Crippen LogP contribution in [0, 0.1) is 22.7 Å². The van der Waals surface area contributed by atoms with Crippen molar-refractivity contribution in [3.63, 3.8) is 0 Å². The minimum absolute atomic E-state index is 0.496. The molecule has 1 heterocycles. The van der Waals surface area contributed by atoms with Gasteiger partial charge in [0.15, 0.2) is 0 Å². The van der Waals surface area contributed by atoms with Gasteiger partial charge in [0.2, 0.25) is 0 Å². The molecule has 0 aliphatic heterocycles. The lowest BCUT2D eigenvalue weighted by Gasteiger charge is -2.12. The third-order valence-corrected chi connectivity index (χ3v) is 6.48. The summed E-state index contributed by atoms with van der Waals surface area (Å²) in [6.45, 7) is 0. The smallest absolute Gasteiger partial charge is 0.0998 e. The first kappa shape index (κ1) is 20.5. The summed E-state index contributed by atoms with van der Waals surface area (Å²) in [4.78, 5) is 0. The quantitative estimate of drug-likeness (QED) is 0.278. The summed E-state index contributed by atoms with van der Waals surface area (Å²) in [7, 11) is 0. The number of rotatable bonds is 3. The van der Waals surface area contributed by atoms with E-state index >= 15 is 0 Å². The van der Waals surface area contributed by atoms with Crippen LogP contribution < -0.4 is 0 Å². The predicted octanol–water partition coefficient (Wildman–Crippen LogP) is 7.86. The highest BCUT2D eigenvalue weighted by atomic mass is 15.0. The van der Waals surface area contributed by atoms with E-state index in [2.05, 4.69) is 83.4 Å². The Morgan fingerprint density at radius 3 is 1.89 bits per heavy atom. The zero-order chi connectivity index (χ0) is 23.8. The molecule has 0 unspecified atom stereocenters. The summed E-state index contributed by atoms with van der Waals surface area (Å²) < 4.78 is 2.29. The number of hydrogen-bond donors (Lipinski definition) is 0. The molecule has 3 heteroatoms. The fourth-order valence-electron chi connectivity index (χ4n) is 4.97. The first-order valence-corrected chi connectivity index (χ1v) is 11.4. The van der Waals surface area contributed by atoms with Crippen LogP contribution in [0.5, 0.6) is 0 Å². The lowest BCUT2D eigenvalue weighted by Crippen LogP contribution is -1.96. The zero-order valence-corrected chi connectivity index (χ0v) is 18.8. The number of aromatic nitrogens is 1. The molecule has 5 aromatic carbocycles. The largest absolute Gasteiger partial charge is 0.309 e. The van der Waals surface area contributed by atoms with Gasteiger partial charge in [-0.05, 0) is 41.5 Å². The van der Waals surface area contributed by atoms with Crippen LogP contribution >= 0.6 is 0 Å². The molecule has 0 saturated carbocycles. The van der Waals surface area contributed by atoms with Gasteiger partial charge in [-0.25, -0.2) is 0 Å². The average molecular weight is 446 g/mol. The monoisotopic (exact) mass is 445 g/mol. The van der Waals surface area contributed by atoms with E-state index in [1.54, 1.807) is 18.2 Å². The van der Waals surface area contributed by atoms with Crippen molar-refractivity contribution in [3.05, 3.63) is 126 Å². The molecule has 0 radical (unpaired) electrons. The normalized spacial score (nSPS) is 10.8. The van der Waals surface area contributed by atoms with Gasteiger partial charge in [-0.1, -0.05) is 84.9 Å². The molecule has 0 aliphatic carbocycles. The second-order valence-electron chi connectivity index (χ2n) is 8.42. The van der Waals surface area contributed by atoms with Crippen molar-refractivity contribution in [1.82, 2.24) is 4.57 Å². The molecule has 0 saturated heterocycles. The van der Waals surface area contributed by atoms with Crippen molar-refractivity contribution < 1.29 is 0 Å². The van der Waals surface area contributed by atoms with Crippen molar-refractivity contribution in [2.24, 2.45) is 0 Å². The number of para-hydroxylation sites is 2. The summed E-state index contributed by atoms with van der Waals surface area (Å²) in [6.07, 6.45) is 0. The van der Waals surface area contributed by atoms with E-state index in [0.717, 1.165) is 44.2 Å². The summed E-state index contributed by atoms with van der Waals surface area (Å²) >= 11 is 0. The van der Waals surface area contributed by atoms with Gasteiger partial charge in [-0.15, -0.1) is 0 Å². The summed E-state index contributed by atoms with van der Waals surface area (Å²) in [6, 6.07) is 43.2. The number of fused-ring (bicyclic) bond motifs is 3. The molecular formula is C32H19N3. The molecule has 0 aliphatic rings. The number of nitrogens with zero attached hydrogens (tertiary/aromatic N) is 3. The maximum atomic E-state index is 9.76. The highest BCUT2D eigenvalue weighted by Crippen LogP contribution is 2.40. The Morgan fingerprint density at radius 2 is 1.20 bits per heavy atom. The molecule has 162 valence electrons. The van der Waals surface area contributed by atoms with Crippen LogP contribution in [0.4, 0.5) is 0 Å². The number of hydrogen-bond acceptors (Lipinski definition) is 2. The highest BCUT2D eigenvalue weighted by molar-refractivity contribution is 6.14. The third-order valence-electron chi connectivity index (χ3n) is 6.48. The number of benzene rings is 5. The molecular weight excluding hydrogens is 426 g/mol. The molecule has 0 atom stereocenters. The maximum absolute atomic E-state index is 9.76. The van der Waals surface area contributed by atoms with E-state index in [1.165, 1.54) is 0 Å². The molecule has 0 N–H and O–H groups in total. The van der Waals surface area contributed by atoms with Crippen LogP contribution in [-0.4, -0.2) is 4.57 Å². The average Bonchev–Trinajstić information content (AvgIpc) is 3.27. The Balaban J connectivity index is 1.76. The molecule has 3 nitrogen and oxygen atoms in total. The Kier molecular flexibility index (Phi) is 4.88. The van der Waals surface area contributed by atoms with Crippen LogP contribution in [0.2, 0.25) is 0 Å². The Morgan fingerprint density at radius 1 is 0.543 bits per heavy atom. The van der Waals surface area contributed by atoms with Gasteiger partial charge in [0.05, 0.1) is 34.3 Å². The minimum atomic E-state index is 0.496. The molecule has 1 aromatic heterocycles. The van der Waals surface area contributed by atoms with Crippen molar-refractivity contribution in [1.29, 1.82) is 10.5 Å². The van der Waals surface area contributed by atoms with Gasteiger partial charge >= 0.3 is 0 Å². The van der Waals surface area contributed by atoms with Crippen molar-refractivity contribution in [2.45, 2.75) is 0 Å². The fraction of sp³-hybridized carbons (Fsp3) is 0. The van der Waals surface area contributed by atoms with Gasteiger partial charge in [0.25, 0.3) is 0 Å². The lowest BCUT2D eigenvalue weighted by molar-refractivity contribution is 1.18. The maximum Gasteiger partial charge on any atom is 0.0998 e. The molecule has 0 amide bonds. The molecule has 6 rings (SSSR count). The van der Waals surface area contributed by atoms with E-state index in [-0.39, 0.29) is 0 Å². The van der Waals surface area contributed by atoms with Gasteiger partial charge in [0.1, 0.15) is 0 Å². The fourth-order valence-corrected chi connectivity index (χ4v) is 4.97. The summed E-state index contributed by atoms with van der Waals surface area (Å²) in [5.41, 5.74) is 8.04. The Labute approximate surface area is 203 Å². The standard InChI is InChI=1S/C32H19N3/c33-20-24-11-7-12-25(21-34)31(24)23-17-18-28-29-16-8-15-27(22-9-3-1-4-10-22)32(29)35(30(28)19-23)26-13-5-2-6-14-26/h1-19H. The number of nitriles is 2. The van der Waals surface area contributed by atoms with Crippen LogP contribution in [0.25, 0.3) is 49.7 Å². The van der Waals surface area contributed by atoms with Gasteiger partial charge in [0, 0.05) is 27.6 Å². The topological polar surface area (TPSA) is 52.5 Å².